The van der Waals surface area contributed by atoms with Crippen LogP contribution in [0.15, 0.2) is 72.8 Å². The summed E-state index contributed by atoms with van der Waals surface area (Å²) in [7, 11) is 0. The SMILES string of the molecule is CCC(CCCN1C(=O)N(Cc2ccccc2)C[C@@H]1/C=C/C(O)Cc1ccccc1)SCc1nn[nH]n1. The van der Waals surface area contributed by atoms with E-state index in [1.807, 2.05) is 82.2 Å². The van der Waals surface area contributed by atoms with Crippen molar-refractivity contribution in [3.63, 3.8) is 0 Å². The molecule has 9 heteroatoms. The maximum atomic E-state index is 13.4. The van der Waals surface area contributed by atoms with Crippen molar-refractivity contribution in [2.45, 2.75) is 62.3 Å². The van der Waals surface area contributed by atoms with E-state index in [1.54, 1.807) is 0 Å². The average molecular weight is 521 g/mol. The summed E-state index contributed by atoms with van der Waals surface area (Å²) in [6.07, 6.45) is 6.80. The molecule has 1 aromatic heterocycles. The Hall–Kier alpha value is -3.17. The predicted octanol–water partition coefficient (Wildman–Crippen LogP) is 4.46. The lowest BCUT2D eigenvalue weighted by Gasteiger charge is -2.23. The second-order valence-corrected chi connectivity index (χ2v) is 10.7. The van der Waals surface area contributed by atoms with Crippen LogP contribution in [0.2, 0.25) is 0 Å². The number of aliphatic hydroxyl groups excluding tert-OH is 1. The monoisotopic (exact) mass is 520 g/mol. The van der Waals surface area contributed by atoms with E-state index in [2.05, 4.69) is 39.7 Å². The molecule has 1 saturated heterocycles. The smallest absolute Gasteiger partial charge is 0.320 e. The first-order valence-corrected chi connectivity index (χ1v) is 14.0. The van der Waals surface area contributed by atoms with Gasteiger partial charge in [-0.1, -0.05) is 85.0 Å². The fourth-order valence-electron chi connectivity index (χ4n) is 4.60. The van der Waals surface area contributed by atoms with Gasteiger partial charge in [0.05, 0.1) is 17.9 Å². The van der Waals surface area contributed by atoms with Gasteiger partial charge in [0.15, 0.2) is 5.82 Å². The van der Waals surface area contributed by atoms with Crippen molar-refractivity contribution in [1.82, 2.24) is 30.4 Å². The minimum atomic E-state index is -0.589. The van der Waals surface area contributed by atoms with Crippen molar-refractivity contribution in [3.8, 4) is 0 Å². The van der Waals surface area contributed by atoms with Crippen LogP contribution < -0.4 is 0 Å². The van der Waals surface area contributed by atoms with Gasteiger partial charge in [0.2, 0.25) is 0 Å². The van der Waals surface area contributed by atoms with E-state index in [9.17, 15) is 9.90 Å². The Morgan fingerprint density at radius 3 is 2.54 bits per heavy atom. The number of tetrazole rings is 1. The lowest BCUT2D eigenvalue weighted by atomic mass is 10.1. The second kappa shape index (κ2) is 13.9. The number of rotatable bonds is 14. The largest absolute Gasteiger partial charge is 0.389 e. The van der Waals surface area contributed by atoms with Gasteiger partial charge in [-0.05, 0) is 30.4 Å². The molecule has 3 aromatic rings. The first-order valence-electron chi connectivity index (χ1n) is 13.0. The van der Waals surface area contributed by atoms with E-state index >= 15 is 0 Å². The van der Waals surface area contributed by atoms with Gasteiger partial charge in [0, 0.05) is 31.3 Å². The van der Waals surface area contributed by atoms with Gasteiger partial charge in [-0.3, -0.25) is 0 Å². The standard InChI is InChI=1S/C28H36N6O2S/c1-2-26(37-21-27-29-31-32-30-27)14-9-17-34-24(15-16-25(35)18-22-10-5-3-6-11-22)20-33(28(34)36)19-23-12-7-4-8-13-23/h3-8,10-13,15-16,24-26,35H,2,9,14,17-21H2,1H3,(H,29,30,31,32)/b16-15+/t24-,25?,26?/m0/s1. The van der Waals surface area contributed by atoms with Crippen LogP contribution in [0.25, 0.3) is 0 Å². The molecular weight excluding hydrogens is 484 g/mol. The quantitative estimate of drug-likeness (QED) is 0.305. The topological polar surface area (TPSA) is 98.2 Å². The van der Waals surface area contributed by atoms with Crippen LogP contribution in [0, 0.1) is 0 Å². The van der Waals surface area contributed by atoms with Crippen molar-refractivity contribution < 1.29 is 9.90 Å². The molecule has 0 bridgehead atoms. The highest BCUT2D eigenvalue weighted by molar-refractivity contribution is 7.99. The highest BCUT2D eigenvalue weighted by Gasteiger charge is 2.35. The number of aromatic nitrogens is 4. The number of urea groups is 1. The molecule has 2 unspecified atom stereocenters. The third kappa shape index (κ3) is 8.16. The van der Waals surface area contributed by atoms with E-state index in [-0.39, 0.29) is 12.1 Å². The van der Waals surface area contributed by atoms with Crippen molar-refractivity contribution in [3.05, 3.63) is 89.8 Å². The van der Waals surface area contributed by atoms with Gasteiger partial charge in [-0.2, -0.15) is 17.0 Å². The molecule has 0 spiro atoms. The Morgan fingerprint density at radius 1 is 1.14 bits per heavy atom. The highest BCUT2D eigenvalue weighted by Crippen LogP contribution is 2.25. The summed E-state index contributed by atoms with van der Waals surface area (Å²) >= 11 is 1.83. The summed E-state index contributed by atoms with van der Waals surface area (Å²) in [6.45, 7) is 4.08. The zero-order valence-electron chi connectivity index (χ0n) is 21.3. The number of aliphatic hydroxyl groups is 1. The number of nitrogens with one attached hydrogen (secondary N) is 1. The van der Waals surface area contributed by atoms with Gasteiger partial charge in [0.1, 0.15) is 0 Å². The normalized spacial score (nSPS) is 17.6. The number of hydrogen-bond donors (Lipinski definition) is 2. The lowest BCUT2D eigenvalue weighted by molar-refractivity contribution is 0.186. The fraction of sp³-hybridized carbons (Fsp3) is 0.429. The number of nitrogens with zero attached hydrogens (tertiary/aromatic N) is 5. The summed E-state index contributed by atoms with van der Waals surface area (Å²) < 4.78 is 0. The fourth-order valence-corrected chi connectivity index (χ4v) is 5.68. The lowest BCUT2D eigenvalue weighted by Crippen LogP contribution is -2.35. The van der Waals surface area contributed by atoms with Gasteiger partial charge in [0.25, 0.3) is 0 Å². The van der Waals surface area contributed by atoms with Gasteiger partial charge in [-0.25, -0.2) is 4.79 Å². The van der Waals surface area contributed by atoms with Crippen LogP contribution in [0.5, 0.6) is 0 Å². The van der Waals surface area contributed by atoms with Crippen molar-refractivity contribution in [2.24, 2.45) is 0 Å². The van der Waals surface area contributed by atoms with Gasteiger partial charge >= 0.3 is 6.03 Å². The number of H-pyrrole nitrogens is 1. The maximum Gasteiger partial charge on any atom is 0.320 e. The zero-order valence-corrected chi connectivity index (χ0v) is 22.1. The number of thioether (sulfide) groups is 1. The van der Waals surface area contributed by atoms with Crippen molar-refractivity contribution >= 4 is 17.8 Å². The molecule has 0 saturated carbocycles. The van der Waals surface area contributed by atoms with E-state index in [0.29, 0.717) is 37.1 Å². The molecule has 8 nitrogen and oxygen atoms in total. The summed E-state index contributed by atoms with van der Waals surface area (Å²) in [5.41, 5.74) is 2.21. The van der Waals surface area contributed by atoms with Crippen LogP contribution >= 0.6 is 11.8 Å². The average Bonchev–Trinajstić information content (AvgIpc) is 3.54. The molecule has 0 radical (unpaired) electrons. The Morgan fingerprint density at radius 2 is 1.86 bits per heavy atom. The number of carbonyl (C=O) groups is 1. The molecule has 2 amide bonds. The Kier molecular flexibility index (Phi) is 10.1. The first kappa shape index (κ1) is 26.9. The summed E-state index contributed by atoms with van der Waals surface area (Å²) in [5, 5.41) is 25.3. The number of carbonyl (C=O) groups excluding carboxylic acids is 1. The molecule has 37 heavy (non-hydrogen) atoms. The molecule has 1 aliphatic heterocycles. The number of benzene rings is 2. The molecule has 4 rings (SSSR count). The van der Waals surface area contributed by atoms with Crippen LogP contribution in [0.1, 0.15) is 43.1 Å². The zero-order chi connectivity index (χ0) is 25.9. The number of hydrogen-bond acceptors (Lipinski definition) is 6. The predicted molar refractivity (Wildman–Crippen MR) is 147 cm³/mol. The number of aromatic amines is 1. The molecule has 1 aliphatic rings. The van der Waals surface area contributed by atoms with Crippen LogP contribution in [0.3, 0.4) is 0 Å². The Balaban J connectivity index is 1.36. The maximum absolute atomic E-state index is 13.4. The van der Waals surface area contributed by atoms with Crippen LogP contribution in [-0.4, -0.2) is 72.0 Å². The molecular formula is C28H36N6O2S. The van der Waals surface area contributed by atoms with Crippen molar-refractivity contribution in [2.75, 3.05) is 13.1 Å². The minimum absolute atomic E-state index is 0.0588. The molecule has 1 fully saturated rings. The van der Waals surface area contributed by atoms with Gasteiger partial charge < -0.3 is 14.9 Å². The first-order chi connectivity index (χ1) is 18.1. The van der Waals surface area contributed by atoms with E-state index in [1.165, 1.54) is 0 Å². The number of amides is 2. The van der Waals surface area contributed by atoms with E-state index in [4.69, 9.17) is 0 Å². The summed E-state index contributed by atoms with van der Waals surface area (Å²) in [4.78, 5) is 17.3. The third-order valence-electron chi connectivity index (χ3n) is 6.60. The molecule has 3 atom stereocenters. The molecule has 2 aromatic carbocycles. The second-order valence-electron chi connectivity index (χ2n) is 9.36. The Bertz CT molecular complexity index is 1100. The minimum Gasteiger partial charge on any atom is -0.389 e. The van der Waals surface area contributed by atoms with Gasteiger partial charge in [-0.15, -0.1) is 10.2 Å². The Labute approximate surface area is 223 Å². The molecule has 2 heterocycles. The summed E-state index contributed by atoms with van der Waals surface area (Å²) in [6, 6.07) is 20.1. The van der Waals surface area contributed by atoms with Crippen LogP contribution in [0.4, 0.5) is 4.79 Å². The highest BCUT2D eigenvalue weighted by atomic mass is 32.2. The summed E-state index contributed by atoms with van der Waals surface area (Å²) in [5.74, 6) is 1.45. The molecule has 196 valence electrons. The third-order valence-corrected chi connectivity index (χ3v) is 8.07. The molecule has 2 N–H and O–H groups in total. The molecule has 0 aliphatic carbocycles. The van der Waals surface area contributed by atoms with Crippen LogP contribution in [-0.2, 0) is 18.7 Å². The van der Waals surface area contributed by atoms with E-state index < -0.39 is 6.10 Å². The van der Waals surface area contributed by atoms with Crippen molar-refractivity contribution in [1.29, 1.82) is 0 Å². The van der Waals surface area contributed by atoms with E-state index in [0.717, 1.165) is 36.1 Å².